The molecule has 0 rings (SSSR count). The molecule has 0 radical (unpaired) electrons. The Hall–Kier alpha value is -0.0800. The third-order valence-corrected chi connectivity index (χ3v) is 1.58. The van der Waals surface area contributed by atoms with Gasteiger partial charge in [-0.3, -0.25) is 0 Å². The summed E-state index contributed by atoms with van der Waals surface area (Å²) in [6.07, 6.45) is 1.22. The Labute approximate surface area is 57.8 Å². The molecular formula is C7H17NO. The van der Waals surface area contributed by atoms with E-state index in [1.165, 1.54) is 6.42 Å². The van der Waals surface area contributed by atoms with Gasteiger partial charge in [-0.2, -0.15) is 5.06 Å². The van der Waals surface area contributed by atoms with Crippen LogP contribution in [0, 0.1) is 5.92 Å². The molecule has 0 heterocycles. The lowest BCUT2D eigenvalue weighted by atomic mass is 10.1. The van der Waals surface area contributed by atoms with Gasteiger partial charge in [-0.1, -0.05) is 20.3 Å². The summed E-state index contributed by atoms with van der Waals surface area (Å²) >= 11 is 0. The molecule has 1 atom stereocenters. The molecule has 0 aromatic rings. The van der Waals surface area contributed by atoms with Gasteiger partial charge >= 0.3 is 0 Å². The highest BCUT2D eigenvalue weighted by atomic mass is 16.7. The zero-order chi connectivity index (χ0) is 7.28. The van der Waals surface area contributed by atoms with Gasteiger partial charge < -0.3 is 4.84 Å². The van der Waals surface area contributed by atoms with Crippen LogP contribution >= 0.6 is 0 Å². The maximum Gasteiger partial charge on any atom is 0.0575 e. The summed E-state index contributed by atoms with van der Waals surface area (Å²) in [5, 5.41) is 1.86. The van der Waals surface area contributed by atoms with Crippen LogP contribution in [0.4, 0.5) is 0 Å². The summed E-state index contributed by atoms with van der Waals surface area (Å²) in [6, 6.07) is 0. The van der Waals surface area contributed by atoms with E-state index in [1.54, 1.807) is 7.11 Å². The van der Waals surface area contributed by atoms with Gasteiger partial charge in [0.25, 0.3) is 0 Å². The Morgan fingerprint density at radius 3 is 2.44 bits per heavy atom. The molecule has 0 N–H and O–H groups in total. The Morgan fingerprint density at radius 2 is 2.11 bits per heavy atom. The zero-order valence-corrected chi connectivity index (χ0v) is 6.85. The maximum atomic E-state index is 4.96. The summed E-state index contributed by atoms with van der Waals surface area (Å²) in [7, 11) is 3.65. The summed E-state index contributed by atoms with van der Waals surface area (Å²) in [6.45, 7) is 5.43. The van der Waals surface area contributed by atoms with E-state index in [0.717, 1.165) is 12.5 Å². The van der Waals surface area contributed by atoms with Crippen molar-refractivity contribution in [1.82, 2.24) is 5.06 Å². The molecule has 0 saturated heterocycles. The van der Waals surface area contributed by atoms with Crippen LogP contribution in [-0.4, -0.2) is 25.8 Å². The molecule has 0 bridgehead atoms. The molecule has 2 heteroatoms. The maximum absolute atomic E-state index is 4.96. The van der Waals surface area contributed by atoms with Crippen molar-refractivity contribution in [3.63, 3.8) is 0 Å². The summed E-state index contributed by atoms with van der Waals surface area (Å²) < 4.78 is 0. The van der Waals surface area contributed by atoms with Crippen molar-refractivity contribution in [2.75, 3.05) is 20.7 Å². The van der Waals surface area contributed by atoms with Crippen molar-refractivity contribution >= 4 is 0 Å². The van der Waals surface area contributed by atoms with Crippen molar-refractivity contribution in [2.24, 2.45) is 5.92 Å². The fraction of sp³-hybridized carbons (Fsp3) is 1.00. The minimum atomic E-state index is 0.731. The number of hydroxylamine groups is 2. The number of hydrogen-bond acceptors (Lipinski definition) is 2. The van der Waals surface area contributed by atoms with E-state index < -0.39 is 0 Å². The Bertz CT molecular complexity index is 57.9. The molecule has 0 aliphatic rings. The van der Waals surface area contributed by atoms with Gasteiger partial charge in [0, 0.05) is 13.6 Å². The summed E-state index contributed by atoms with van der Waals surface area (Å²) in [5.41, 5.74) is 0. The first-order chi connectivity index (χ1) is 4.20. The molecule has 0 aromatic heterocycles. The van der Waals surface area contributed by atoms with Crippen LogP contribution in [0.2, 0.25) is 0 Å². The predicted molar refractivity (Wildman–Crippen MR) is 39.1 cm³/mol. The smallest absolute Gasteiger partial charge is 0.0575 e. The number of hydrogen-bond donors (Lipinski definition) is 0. The van der Waals surface area contributed by atoms with Crippen LogP contribution < -0.4 is 0 Å². The standard InChI is InChI=1S/C7H17NO/c1-5-7(2)6-8(3)9-4/h7H,5-6H2,1-4H3. The minimum Gasteiger partial charge on any atom is -0.303 e. The lowest BCUT2D eigenvalue weighted by Gasteiger charge is -2.16. The van der Waals surface area contributed by atoms with Gasteiger partial charge in [0.05, 0.1) is 7.11 Å². The molecule has 0 fully saturated rings. The van der Waals surface area contributed by atoms with Gasteiger partial charge in [-0.25, -0.2) is 0 Å². The lowest BCUT2D eigenvalue weighted by molar-refractivity contribution is -0.116. The predicted octanol–water partition coefficient (Wildman–Crippen LogP) is 1.53. The molecule has 0 saturated carbocycles. The molecule has 2 nitrogen and oxygen atoms in total. The highest BCUT2D eigenvalue weighted by Gasteiger charge is 2.01. The SMILES string of the molecule is CCC(C)CN(C)OC. The monoisotopic (exact) mass is 131 g/mol. The van der Waals surface area contributed by atoms with Crippen molar-refractivity contribution in [3.05, 3.63) is 0 Å². The highest BCUT2D eigenvalue weighted by molar-refractivity contribution is 4.49. The van der Waals surface area contributed by atoms with Gasteiger partial charge in [-0.15, -0.1) is 0 Å². The van der Waals surface area contributed by atoms with E-state index in [-0.39, 0.29) is 0 Å². The van der Waals surface area contributed by atoms with Crippen LogP contribution in [0.5, 0.6) is 0 Å². The fourth-order valence-electron chi connectivity index (χ4n) is 0.643. The molecular weight excluding hydrogens is 114 g/mol. The third-order valence-electron chi connectivity index (χ3n) is 1.58. The van der Waals surface area contributed by atoms with Crippen LogP contribution in [-0.2, 0) is 4.84 Å². The fourth-order valence-corrected chi connectivity index (χ4v) is 0.643. The average Bonchev–Trinajstić information content (AvgIpc) is 1.87. The van der Waals surface area contributed by atoms with E-state index in [1.807, 2.05) is 12.1 Å². The van der Waals surface area contributed by atoms with Crippen molar-refractivity contribution in [2.45, 2.75) is 20.3 Å². The molecule has 0 aliphatic heterocycles. The molecule has 1 unspecified atom stereocenters. The van der Waals surface area contributed by atoms with Gasteiger partial charge in [0.1, 0.15) is 0 Å². The summed E-state index contributed by atoms with van der Waals surface area (Å²) in [4.78, 5) is 4.96. The molecule has 0 spiro atoms. The molecule has 9 heavy (non-hydrogen) atoms. The Balaban J connectivity index is 3.22. The highest BCUT2D eigenvalue weighted by Crippen LogP contribution is 2.01. The zero-order valence-electron chi connectivity index (χ0n) is 6.85. The van der Waals surface area contributed by atoms with Crippen LogP contribution in [0.3, 0.4) is 0 Å². The quantitative estimate of drug-likeness (QED) is 0.536. The topological polar surface area (TPSA) is 12.5 Å². The number of nitrogens with zero attached hydrogens (tertiary/aromatic N) is 1. The number of rotatable bonds is 4. The molecule has 0 aliphatic carbocycles. The molecule has 56 valence electrons. The van der Waals surface area contributed by atoms with E-state index >= 15 is 0 Å². The van der Waals surface area contributed by atoms with E-state index in [0.29, 0.717) is 0 Å². The largest absolute Gasteiger partial charge is 0.303 e. The Morgan fingerprint density at radius 1 is 1.56 bits per heavy atom. The van der Waals surface area contributed by atoms with Crippen molar-refractivity contribution in [1.29, 1.82) is 0 Å². The molecule has 0 aromatic carbocycles. The second-order valence-electron chi connectivity index (χ2n) is 2.51. The van der Waals surface area contributed by atoms with E-state index in [9.17, 15) is 0 Å². The van der Waals surface area contributed by atoms with E-state index in [4.69, 9.17) is 4.84 Å². The first-order valence-corrected chi connectivity index (χ1v) is 3.46. The molecule has 0 amide bonds. The lowest BCUT2D eigenvalue weighted by Crippen LogP contribution is -2.22. The first-order valence-electron chi connectivity index (χ1n) is 3.46. The summed E-state index contributed by atoms with van der Waals surface area (Å²) in [5.74, 6) is 0.731. The van der Waals surface area contributed by atoms with Crippen LogP contribution in [0.25, 0.3) is 0 Å². The average molecular weight is 131 g/mol. The van der Waals surface area contributed by atoms with Crippen LogP contribution in [0.15, 0.2) is 0 Å². The van der Waals surface area contributed by atoms with Crippen LogP contribution in [0.1, 0.15) is 20.3 Å². The first kappa shape index (κ1) is 8.92. The minimum absolute atomic E-state index is 0.731. The second kappa shape index (κ2) is 4.77. The van der Waals surface area contributed by atoms with E-state index in [2.05, 4.69) is 13.8 Å². The van der Waals surface area contributed by atoms with Gasteiger partial charge in [-0.05, 0) is 5.92 Å². The van der Waals surface area contributed by atoms with Crippen molar-refractivity contribution < 1.29 is 4.84 Å². The second-order valence-corrected chi connectivity index (χ2v) is 2.51. The normalized spacial score (nSPS) is 14.3. The third kappa shape index (κ3) is 4.43. The van der Waals surface area contributed by atoms with Gasteiger partial charge in [0.2, 0.25) is 0 Å². The Kier molecular flexibility index (Phi) is 4.72. The van der Waals surface area contributed by atoms with Gasteiger partial charge in [0.15, 0.2) is 0 Å². The van der Waals surface area contributed by atoms with Crippen molar-refractivity contribution in [3.8, 4) is 0 Å².